The van der Waals surface area contributed by atoms with E-state index < -0.39 is 0 Å². The predicted molar refractivity (Wildman–Crippen MR) is 75.0 cm³/mol. The van der Waals surface area contributed by atoms with E-state index in [2.05, 4.69) is 57.2 Å². The highest BCUT2D eigenvalue weighted by Crippen LogP contribution is 2.35. The van der Waals surface area contributed by atoms with Crippen LogP contribution in [0.4, 0.5) is 0 Å². The minimum atomic E-state index is 0.639. The first-order valence-corrected chi connectivity index (χ1v) is 6.77. The maximum absolute atomic E-state index is 4.29. The van der Waals surface area contributed by atoms with Crippen molar-refractivity contribution in [3.05, 3.63) is 60.2 Å². The molecule has 1 fully saturated rings. The molecule has 1 aliphatic carbocycles. The molecule has 2 aromatic carbocycles. The quantitative estimate of drug-likeness (QED) is 0.712. The smallest absolute Gasteiger partial charge is 0.137 e. The highest BCUT2D eigenvalue weighted by atomic mass is 15.3. The van der Waals surface area contributed by atoms with Crippen molar-refractivity contribution >= 4 is 10.8 Å². The standard InChI is InChI=1S/C16H15N3/c1-2-7-15-12(4-1)5-3-6-13(15)10-16-18-17-11-19(16)14-8-9-14/h1-7,11,14H,8-10H2. The second-order valence-corrected chi connectivity index (χ2v) is 5.20. The van der Waals surface area contributed by atoms with E-state index in [1.165, 1.54) is 29.2 Å². The lowest BCUT2D eigenvalue weighted by Crippen LogP contribution is -2.02. The summed E-state index contributed by atoms with van der Waals surface area (Å²) in [5, 5.41) is 11.0. The second-order valence-electron chi connectivity index (χ2n) is 5.20. The molecular weight excluding hydrogens is 234 g/mol. The fraction of sp³-hybridized carbons (Fsp3) is 0.250. The Hall–Kier alpha value is -2.16. The van der Waals surface area contributed by atoms with Gasteiger partial charge in [-0.3, -0.25) is 0 Å². The summed E-state index contributed by atoms with van der Waals surface area (Å²) in [6, 6.07) is 15.6. The Bertz CT molecular complexity index is 720. The molecule has 0 radical (unpaired) electrons. The summed E-state index contributed by atoms with van der Waals surface area (Å²) in [4.78, 5) is 0. The lowest BCUT2D eigenvalue weighted by Gasteiger charge is -2.07. The monoisotopic (exact) mass is 249 g/mol. The average molecular weight is 249 g/mol. The Labute approximate surface area is 111 Å². The predicted octanol–water partition coefficient (Wildman–Crippen LogP) is 3.36. The molecule has 3 aromatic rings. The molecule has 1 saturated carbocycles. The molecule has 0 spiro atoms. The molecule has 0 bridgehead atoms. The Balaban J connectivity index is 1.76. The first kappa shape index (κ1) is 10.7. The van der Waals surface area contributed by atoms with Crippen LogP contribution >= 0.6 is 0 Å². The lowest BCUT2D eigenvalue weighted by molar-refractivity contribution is 0.695. The van der Waals surface area contributed by atoms with E-state index in [1.54, 1.807) is 0 Å². The molecule has 4 rings (SSSR count). The van der Waals surface area contributed by atoms with Gasteiger partial charge in [0.2, 0.25) is 0 Å². The fourth-order valence-corrected chi connectivity index (χ4v) is 2.67. The Morgan fingerprint density at radius 2 is 1.89 bits per heavy atom. The number of fused-ring (bicyclic) bond motifs is 1. The zero-order valence-corrected chi connectivity index (χ0v) is 10.7. The first-order chi connectivity index (χ1) is 9.42. The molecule has 3 nitrogen and oxygen atoms in total. The van der Waals surface area contributed by atoms with Crippen molar-refractivity contribution in [2.45, 2.75) is 25.3 Å². The zero-order valence-electron chi connectivity index (χ0n) is 10.7. The Kier molecular flexibility index (Phi) is 2.37. The van der Waals surface area contributed by atoms with Gasteiger partial charge in [0.15, 0.2) is 0 Å². The molecule has 1 aromatic heterocycles. The third-order valence-electron chi connectivity index (χ3n) is 3.82. The van der Waals surface area contributed by atoms with E-state index in [0.717, 1.165) is 12.2 Å². The SMILES string of the molecule is c1ccc2c(Cc3nncn3C3CC3)cccc2c1. The molecule has 1 aliphatic rings. The molecule has 0 atom stereocenters. The van der Waals surface area contributed by atoms with Crippen molar-refractivity contribution in [1.29, 1.82) is 0 Å². The van der Waals surface area contributed by atoms with E-state index >= 15 is 0 Å². The van der Waals surface area contributed by atoms with Crippen LogP contribution in [0.2, 0.25) is 0 Å². The van der Waals surface area contributed by atoms with Crippen molar-refractivity contribution in [1.82, 2.24) is 14.8 Å². The van der Waals surface area contributed by atoms with Crippen LogP contribution in [-0.4, -0.2) is 14.8 Å². The van der Waals surface area contributed by atoms with Gasteiger partial charge in [0.1, 0.15) is 12.2 Å². The maximum Gasteiger partial charge on any atom is 0.137 e. The number of benzene rings is 2. The molecule has 19 heavy (non-hydrogen) atoms. The van der Waals surface area contributed by atoms with Gasteiger partial charge in [-0.05, 0) is 29.2 Å². The van der Waals surface area contributed by atoms with Crippen LogP contribution < -0.4 is 0 Å². The van der Waals surface area contributed by atoms with Gasteiger partial charge in [-0.25, -0.2) is 0 Å². The third kappa shape index (κ3) is 1.91. The van der Waals surface area contributed by atoms with E-state index in [1.807, 2.05) is 6.33 Å². The van der Waals surface area contributed by atoms with Crippen molar-refractivity contribution < 1.29 is 0 Å². The number of hydrogen-bond donors (Lipinski definition) is 0. The largest absolute Gasteiger partial charge is 0.314 e. The van der Waals surface area contributed by atoms with E-state index in [4.69, 9.17) is 0 Å². The Morgan fingerprint density at radius 1 is 1.05 bits per heavy atom. The second kappa shape index (κ2) is 4.19. The molecule has 0 amide bonds. The summed E-state index contributed by atoms with van der Waals surface area (Å²) < 4.78 is 2.24. The normalized spacial score (nSPS) is 14.9. The van der Waals surface area contributed by atoms with Gasteiger partial charge in [0.05, 0.1) is 0 Å². The van der Waals surface area contributed by atoms with Crippen molar-refractivity contribution in [3.63, 3.8) is 0 Å². The summed E-state index contributed by atoms with van der Waals surface area (Å²) in [6.45, 7) is 0. The lowest BCUT2D eigenvalue weighted by atomic mass is 10.0. The summed E-state index contributed by atoms with van der Waals surface area (Å²) >= 11 is 0. The number of rotatable bonds is 3. The van der Waals surface area contributed by atoms with Crippen LogP contribution in [-0.2, 0) is 6.42 Å². The summed E-state index contributed by atoms with van der Waals surface area (Å²) in [6.07, 6.45) is 5.26. The van der Waals surface area contributed by atoms with Crippen molar-refractivity contribution in [2.75, 3.05) is 0 Å². The molecule has 0 N–H and O–H groups in total. The third-order valence-corrected chi connectivity index (χ3v) is 3.82. The highest BCUT2D eigenvalue weighted by molar-refractivity contribution is 5.85. The molecule has 3 heteroatoms. The molecule has 0 aliphatic heterocycles. The molecule has 94 valence electrons. The summed E-state index contributed by atoms with van der Waals surface area (Å²) in [7, 11) is 0. The maximum atomic E-state index is 4.29. The van der Waals surface area contributed by atoms with Gasteiger partial charge >= 0.3 is 0 Å². The number of hydrogen-bond acceptors (Lipinski definition) is 2. The number of nitrogens with zero attached hydrogens (tertiary/aromatic N) is 3. The van der Waals surface area contributed by atoms with Gasteiger partial charge in [-0.1, -0.05) is 42.5 Å². The summed E-state index contributed by atoms with van der Waals surface area (Å²) in [5.41, 5.74) is 1.33. The van der Waals surface area contributed by atoms with Gasteiger partial charge < -0.3 is 4.57 Å². The van der Waals surface area contributed by atoms with Gasteiger partial charge in [0.25, 0.3) is 0 Å². The molecule has 0 saturated heterocycles. The first-order valence-electron chi connectivity index (χ1n) is 6.77. The van der Waals surface area contributed by atoms with Gasteiger partial charge in [0, 0.05) is 12.5 Å². The minimum Gasteiger partial charge on any atom is -0.314 e. The van der Waals surface area contributed by atoms with E-state index in [0.29, 0.717) is 6.04 Å². The van der Waals surface area contributed by atoms with Crippen LogP contribution in [0.25, 0.3) is 10.8 Å². The van der Waals surface area contributed by atoms with Crippen LogP contribution in [0.15, 0.2) is 48.8 Å². The van der Waals surface area contributed by atoms with Gasteiger partial charge in [-0.15, -0.1) is 10.2 Å². The molecule has 0 unspecified atom stereocenters. The Morgan fingerprint density at radius 3 is 2.79 bits per heavy atom. The van der Waals surface area contributed by atoms with E-state index in [9.17, 15) is 0 Å². The minimum absolute atomic E-state index is 0.639. The van der Waals surface area contributed by atoms with Gasteiger partial charge in [-0.2, -0.15) is 0 Å². The van der Waals surface area contributed by atoms with Crippen LogP contribution in [0.3, 0.4) is 0 Å². The summed E-state index contributed by atoms with van der Waals surface area (Å²) in [5.74, 6) is 1.08. The van der Waals surface area contributed by atoms with Crippen molar-refractivity contribution in [3.8, 4) is 0 Å². The van der Waals surface area contributed by atoms with E-state index in [-0.39, 0.29) is 0 Å². The highest BCUT2D eigenvalue weighted by Gasteiger charge is 2.26. The van der Waals surface area contributed by atoms with Crippen LogP contribution in [0.5, 0.6) is 0 Å². The number of aromatic nitrogens is 3. The van der Waals surface area contributed by atoms with Crippen LogP contribution in [0, 0.1) is 0 Å². The van der Waals surface area contributed by atoms with Crippen molar-refractivity contribution in [2.24, 2.45) is 0 Å². The van der Waals surface area contributed by atoms with Crippen LogP contribution in [0.1, 0.15) is 30.3 Å². The topological polar surface area (TPSA) is 30.7 Å². The molecular formula is C16H15N3. The molecule has 1 heterocycles. The average Bonchev–Trinajstić information content (AvgIpc) is 3.20. The zero-order chi connectivity index (χ0) is 12.7. The fourth-order valence-electron chi connectivity index (χ4n) is 2.67.